The van der Waals surface area contributed by atoms with Crippen molar-refractivity contribution in [2.24, 2.45) is 5.92 Å². The predicted molar refractivity (Wildman–Crippen MR) is 77.6 cm³/mol. The Kier molecular flexibility index (Phi) is 12.5. The first-order valence-corrected chi connectivity index (χ1v) is 7.92. The second kappa shape index (κ2) is 12.9. The molecule has 0 saturated heterocycles. The summed E-state index contributed by atoms with van der Waals surface area (Å²) >= 11 is 0. The van der Waals surface area contributed by atoms with Gasteiger partial charge in [-0.2, -0.15) is 0 Å². The zero-order chi connectivity index (χ0) is 13.6. The molecule has 0 aliphatic rings. The van der Waals surface area contributed by atoms with E-state index in [4.69, 9.17) is 4.74 Å². The monoisotopic (exact) mass is 256 g/mol. The Balaban J connectivity index is 3.84. The number of carbonyl (C=O) groups is 1. The van der Waals surface area contributed by atoms with Crippen molar-refractivity contribution >= 4 is 5.97 Å². The van der Waals surface area contributed by atoms with E-state index < -0.39 is 0 Å². The maximum atomic E-state index is 11.8. The molecule has 0 aliphatic heterocycles. The number of hydrogen-bond acceptors (Lipinski definition) is 2. The minimum atomic E-state index is 0.0316. The number of esters is 1. The van der Waals surface area contributed by atoms with Crippen molar-refractivity contribution in [3.8, 4) is 0 Å². The molecule has 0 aromatic rings. The van der Waals surface area contributed by atoms with E-state index in [0.29, 0.717) is 6.61 Å². The summed E-state index contributed by atoms with van der Waals surface area (Å²) in [5, 5.41) is 0. The van der Waals surface area contributed by atoms with E-state index in [1.54, 1.807) is 0 Å². The molecule has 0 radical (unpaired) electrons. The summed E-state index contributed by atoms with van der Waals surface area (Å²) in [6.45, 7) is 6.83. The SMILES string of the molecule is CCCCCCCC(CCCCC)C(=O)OCC. The Hall–Kier alpha value is -0.530. The van der Waals surface area contributed by atoms with Crippen molar-refractivity contribution < 1.29 is 9.53 Å². The van der Waals surface area contributed by atoms with Crippen LogP contribution in [0.1, 0.15) is 85.0 Å². The van der Waals surface area contributed by atoms with Crippen LogP contribution in [0.5, 0.6) is 0 Å². The van der Waals surface area contributed by atoms with Crippen molar-refractivity contribution in [1.82, 2.24) is 0 Å². The van der Waals surface area contributed by atoms with Gasteiger partial charge in [0.2, 0.25) is 0 Å². The summed E-state index contributed by atoms with van der Waals surface area (Å²) in [6.07, 6.45) is 12.0. The third kappa shape index (κ3) is 9.49. The number of carbonyl (C=O) groups excluding carboxylic acids is 1. The molecule has 0 aliphatic carbocycles. The molecule has 0 aromatic carbocycles. The molecular weight excluding hydrogens is 224 g/mol. The van der Waals surface area contributed by atoms with Gasteiger partial charge < -0.3 is 4.74 Å². The van der Waals surface area contributed by atoms with E-state index in [9.17, 15) is 4.79 Å². The third-order valence-corrected chi connectivity index (χ3v) is 3.43. The van der Waals surface area contributed by atoms with Gasteiger partial charge in [-0.3, -0.25) is 4.79 Å². The summed E-state index contributed by atoms with van der Waals surface area (Å²) < 4.78 is 5.17. The van der Waals surface area contributed by atoms with Crippen molar-refractivity contribution in [1.29, 1.82) is 0 Å². The first-order chi connectivity index (χ1) is 8.76. The standard InChI is InChI=1S/C16H32O2/c1-4-7-9-10-12-14-15(13-11-8-5-2)16(17)18-6-3/h15H,4-14H2,1-3H3. The summed E-state index contributed by atoms with van der Waals surface area (Å²) in [5.41, 5.74) is 0. The highest BCUT2D eigenvalue weighted by atomic mass is 16.5. The van der Waals surface area contributed by atoms with Gasteiger partial charge in [0.05, 0.1) is 12.5 Å². The van der Waals surface area contributed by atoms with Crippen molar-refractivity contribution in [3.05, 3.63) is 0 Å². The Morgan fingerprint density at radius 3 is 1.89 bits per heavy atom. The first-order valence-electron chi connectivity index (χ1n) is 7.92. The highest BCUT2D eigenvalue weighted by Crippen LogP contribution is 2.19. The molecule has 108 valence electrons. The molecule has 1 atom stereocenters. The highest BCUT2D eigenvalue weighted by Gasteiger charge is 2.18. The molecule has 0 amide bonds. The fourth-order valence-electron chi connectivity index (χ4n) is 2.28. The van der Waals surface area contributed by atoms with Crippen LogP contribution in [-0.2, 0) is 9.53 Å². The average Bonchev–Trinajstić information content (AvgIpc) is 2.37. The highest BCUT2D eigenvalue weighted by molar-refractivity contribution is 5.72. The number of ether oxygens (including phenoxy) is 1. The molecule has 0 N–H and O–H groups in total. The molecule has 0 bridgehead atoms. The third-order valence-electron chi connectivity index (χ3n) is 3.43. The van der Waals surface area contributed by atoms with E-state index in [2.05, 4.69) is 13.8 Å². The summed E-state index contributed by atoms with van der Waals surface area (Å²) in [4.78, 5) is 11.8. The van der Waals surface area contributed by atoms with Crippen LogP contribution < -0.4 is 0 Å². The van der Waals surface area contributed by atoms with Crippen molar-refractivity contribution in [2.75, 3.05) is 6.61 Å². The van der Waals surface area contributed by atoms with E-state index in [1.165, 1.54) is 44.9 Å². The second-order valence-electron chi connectivity index (χ2n) is 5.15. The van der Waals surface area contributed by atoms with E-state index in [1.807, 2.05) is 6.92 Å². The Bertz CT molecular complexity index is 190. The van der Waals surface area contributed by atoms with Gasteiger partial charge in [-0.15, -0.1) is 0 Å². The Morgan fingerprint density at radius 1 is 0.833 bits per heavy atom. The summed E-state index contributed by atoms with van der Waals surface area (Å²) in [7, 11) is 0. The van der Waals surface area contributed by atoms with Crippen LogP contribution in [0.2, 0.25) is 0 Å². The fraction of sp³-hybridized carbons (Fsp3) is 0.938. The quantitative estimate of drug-likeness (QED) is 0.358. The summed E-state index contributed by atoms with van der Waals surface area (Å²) in [5.74, 6) is 0.183. The lowest BCUT2D eigenvalue weighted by molar-refractivity contribution is -0.148. The molecule has 1 unspecified atom stereocenters. The van der Waals surface area contributed by atoms with Crippen molar-refractivity contribution in [2.45, 2.75) is 85.0 Å². The molecule has 0 heterocycles. The minimum Gasteiger partial charge on any atom is -0.466 e. The molecule has 0 fully saturated rings. The fourth-order valence-corrected chi connectivity index (χ4v) is 2.28. The lowest BCUT2D eigenvalue weighted by Crippen LogP contribution is -2.18. The maximum Gasteiger partial charge on any atom is 0.308 e. The van der Waals surface area contributed by atoms with Crippen LogP contribution >= 0.6 is 0 Å². The smallest absolute Gasteiger partial charge is 0.308 e. The van der Waals surface area contributed by atoms with Crippen molar-refractivity contribution in [3.63, 3.8) is 0 Å². The zero-order valence-electron chi connectivity index (χ0n) is 12.7. The normalized spacial score (nSPS) is 12.4. The summed E-state index contributed by atoms with van der Waals surface area (Å²) in [6, 6.07) is 0. The molecule has 2 heteroatoms. The van der Waals surface area contributed by atoms with Gasteiger partial charge in [0.25, 0.3) is 0 Å². The maximum absolute atomic E-state index is 11.8. The molecule has 0 rings (SSSR count). The minimum absolute atomic E-state index is 0.0316. The Labute approximate surface area is 113 Å². The van der Waals surface area contributed by atoms with Crippen LogP contribution in [0.3, 0.4) is 0 Å². The van der Waals surface area contributed by atoms with E-state index in [-0.39, 0.29) is 11.9 Å². The van der Waals surface area contributed by atoms with Gasteiger partial charge in [0.1, 0.15) is 0 Å². The van der Waals surface area contributed by atoms with Crippen LogP contribution in [0.15, 0.2) is 0 Å². The molecule has 0 spiro atoms. The van der Waals surface area contributed by atoms with E-state index in [0.717, 1.165) is 19.3 Å². The molecule has 0 aromatic heterocycles. The van der Waals surface area contributed by atoms with Gasteiger partial charge in [0, 0.05) is 0 Å². The molecule has 18 heavy (non-hydrogen) atoms. The Morgan fingerprint density at radius 2 is 1.33 bits per heavy atom. The van der Waals surface area contributed by atoms with Gasteiger partial charge >= 0.3 is 5.97 Å². The van der Waals surface area contributed by atoms with Gasteiger partial charge in [-0.25, -0.2) is 0 Å². The van der Waals surface area contributed by atoms with Gasteiger partial charge in [-0.05, 0) is 19.8 Å². The van der Waals surface area contributed by atoms with Crippen LogP contribution in [-0.4, -0.2) is 12.6 Å². The topological polar surface area (TPSA) is 26.3 Å². The second-order valence-corrected chi connectivity index (χ2v) is 5.15. The lowest BCUT2D eigenvalue weighted by atomic mass is 9.95. The van der Waals surface area contributed by atoms with Gasteiger partial charge in [-0.1, -0.05) is 65.2 Å². The molecular formula is C16H32O2. The lowest BCUT2D eigenvalue weighted by Gasteiger charge is -2.15. The number of hydrogen-bond donors (Lipinski definition) is 0. The number of rotatable bonds is 12. The zero-order valence-corrected chi connectivity index (χ0v) is 12.7. The molecule has 2 nitrogen and oxygen atoms in total. The first kappa shape index (κ1) is 17.5. The van der Waals surface area contributed by atoms with Crippen LogP contribution in [0, 0.1) is 5.92 Å². The van der Waals surface area contributed by atoms with E-state index >= 15 is 0 Å². The average molecular weight is 256 g/mol. The predicted octanol–water partition coefficient (Wildman–Crippen LogP) is 5.11. The van der Waals surface area contributed by atoms with Crippen LogP contribution in [0.25, 0.3) is 0 Å². The largest absolute Gasteiger partial charge is 0.466 e. The number of unbranched alkanes of at least 4 members (excludes halogenated alkanes) is 6. The van der Waals surface area contributed by atoms with Crippen LogP contribution in [0.4, 0.5) is 0 Å². The van der Waals surface area contributed by atoms with Gasteiger partial charge in [0.15, 0.2) is 0 Å². The molecule has 0 saturated carbocycles.